The lowest BCUT2D eigenvalue weighted by molar-refractivity contribution is 0.230. The summed E-state index contributed by atoms with van der Waals surface area (Å²) in [5.74, 6) is 0.968. The van der Waals surface area contributed by atoms with E-state index in [4.69, 9.17) is 0 Å². The molecule has 0 N–H and O–H groups in total. The van der Waals surface area contributed by atoms with Crippen LogP contribution in [0.5, 0.6) is 0 Å². The molecule has 0 saturated carbocycles. The molecule has 1 saturated heterocycles. The Morgan fingerprint density at radius 2 is 2.17 bits per heavy atom. The fourth-order valence-corrected chi connectivity index (χ4v) is 1.01. The van der Waals surface area contributed by atoms with Crippen LogP contribution in [0.2, 0.25) is 5.82 Å². The van der Waals surface area contributed by atoms with Crippen molar-refractivity contribution in [3.8, 4) is 0 Å². The van der Waals surface area contributed by atoms with Crippen molar-refractivity contribution in [2.24, 2.45) is 0 Å². The Labute approximate surface area is 39.7 Å². The fourth-order valence-electron chi connectivity index (χ4n) is 1.01. The lowest BCUT2D eigenvalue weighted by atomic mass is 9.81. The van der Waals surface area contributed by atoms with Crippen LogP contribution < -0.4 is 0 Å². The van der Waals surface area contributed by atoms with E-state index in [0.717, 1.165) is 5.82 Å². The highest BCUT2D eigenvalue weighted by molar-refractivity contribution is 6.12. The van der Waals surface area contributed by atoms with Gasteiger partial charge in [0, 0.05) is 0 Å². The second-order valence-corrected chi connectivity index (χ2v) is 2.33. The first kappa shape index (κ1) is 4.19. The Morgan fingerprint density at radius 1 is 1.67 bits per heavy atom. The quantitative estimate of drug-likeness (QED) is 0.352. The summed E-state index contributed by atoms with van der Waals surface area (Å²) in [5.41, 5.74) is 0. The first-order chi connectivity index (χ1) is 2.79. The maximum atomic E-state index is 2.32. The zero-order chi connectivity index (χ0) is 4.57. The second kappa shape index (κ2) is 1.26. The summed E-state index contributed by atoms with van der Waals surface area (Å²) in [4.78, 5) is 2.32. The average Bonchev–Trinajstić information content (AvgIpc) is 1.33. The molecule has 0 aliphatic carbocycles. The van der Waals surface area contributed by atoms with Crippen LogP contribution in [-0.2, 0) is 0 Å². The van der Waals surface area contributed by atoms with E-state index in [9.17, 15) is 0 Å². The van der Waals surface area contributed by atoms with Gasteiger partial charge in [-0.15, -0.1) is 0 Å². The minimum atomic E-state index is 0.968. The summed E-state index contributed by atoms with van der Waals surface area (Å²) in [6, 6.07) is 0. The van der Waals surface area contributed by atoms with Crippen LogP contribution in [0.1, 0.15) is 0 Å². The van der Waals surface area contributed by atoms with Crippen LogP contribution in [-0.4, -0.2) is 32.9 Å². The molecule has 0 bridgehead atoms. The Kier molecular flexibility index (Phi) is 0.883. The van der Waals surface area contributed by atoms with Crippen LogP contribution in [0.25, 0.3) is 0 Å². The minimum absolute atomic E-state index is 0.968. The molecule has 0 amide bonds. The van der Waals surface area contributed by atoms with Crippen LogP contribution in [0.3, 0.4) is 0 Å². The maximum absolute atomic E-state index is 2.32. The van der Waals surface area contributed by atoms with Gasteiger partial charge in [-0.25, -0.2) is 0 Å². The third kappa shape index (κ3) is 0.572. The van der Waals surface area contributed by atoms with Gasteiger partial charge < -0.3 is 4.90 Å². The molecule has 0 unspecified atom stereocenters. The standard InChI is InChI=1S/C4H10BN/c1-6-2-4(5)3-6/h4H,2-3,5H2,1H3. The van der Waals surface area contributed by atoms with Crippen LogP contribution >= 0.6 is 0 Å². The van der Waals surface area contributed by atoms with Crippen LogP contribution in [0.4, 0.5) is 0 Å². The zero-order valence-corrected chi connectivity index (χ0v) is 4.44. The Balaban J connectivity index is 2.11. The largest absolute Gasteiger partial charge is 0.307 e. The molecule has 0 radical (unpaired) electrons. The average molecular weight is 82.9 g/mol. The highest BCUT2D eigenvalue weighted by atomic mass is 15.1. The third-order valence-electron chi connectivity index (χ3n) is 1.25. The molecule has 34 valence electrons. The molecule has 2 heteroatoms. The van der Waals surface area contributed by atoms with Crippen molar-refractivity contribution in [2.45, 2.75) is 5.82 Å². The zero-order valence-electron chi connectivity index (χ0n) is 4.44. The molecule has 0 spiro atoms. The predicted octanol–water partition coefficient (Wildman–Crippen LogP) is -0.647. The first-order valence-electron chi connectivity index (χ1n) is 2.47. The SMILES string of the molecule is BC1CN(C)C1. The topological polar surface area (TPSA) is 3.24 Å². The summed E-state index contributed by atoms with van der Waals surface area (Å²) in [6.07, 6.45) is 0. The minimum Gasteiger partial charge on any atom is -0.307 e. The van der Waals surface area contributed by atoms with E-state index in [1.165, 1.54) is 13.1 Å². The number of hydrogen-bond donors (Lipinski definition) is 0. The molecule has 1 rings (SSSR count). The first-order valence-corrected chi connectivity index (χ1v) is 2.47. The van der Waals surface area contributed by atoms with Gasteiger partial charge in [0.25, 0.3) is 0 Å². The lowest BCUT2D eigenvalue weighted by Crippen LogP contribution is -2.39. The maximum Gasteiger partial charge on any atom is 0.108 e. The van der Waals surface area contributed by atoms with Crippen molar-refractivity contribution in [3.63, 3.8) is 0 Å². The van der Waals surface area contributed by atoms with E-state index in [1.54, 1.807) is 0 Å². The Hall–Kier alpha value is 0.0249. The van der Waals surface area contributed by atoms with E-state index in [1.807, 2.05) is 0 Å². The van der Waals surface area contributed by atoms with Gasteiger partial charge in [0.2, 0.25) is 0 Å². The normalized spacial score (nSPS) is 26.8. The highest BCUT2D eigenvalue weighted by Gasteiger charge is 2.16. The molecule has 1 fully saturated rings. The van der Waals surface area contributed by atoms with Crippen molar-refractivity contribution in [1.29, 1.82) is 0 Å². The Bertz CT molecular complexity index is 43.5. The monoisotopic (exact) mass is 83.1 g/mol. The predicted molar refractivity (Wildman–Crippen MR) is 29.8 cm³/mol. The van der Waals surface area contributed by atoms with Gasteiger partial charge in [0.05, 0.1) is 0 Å². The summed E-state index contributed by atoms with van der Waals surface area (Å²) in [7, 11) is 4.43. The van der Waals surface area contributed by atoms with E-state index in [0.29, 0.717) is 0 Å². The number of likely N-dealkylation sites (tertiary alicyclic amines) is 1. The molecule has 1 nitrogen and oxygen atoms in total. The third-order valence-corrected chi connectivity index (χ3v) is 1.25. The smallest absolute Gasteiger partial charge is 0.108 e. The van der Waals surface area contributed by atoms with Gasteiger partial charge in [-0.3, -0.25) is 0 Å². The molecule has 1 aliphatic heterocycles. The summed E-state index contributed by atoms with van der Waals surface area (Å²) in [6.45, 7) is 2.61. The summed E-state index contributed by atoms with van der Waals surface area (Å²) in [5, 5.41) is 0. The summed E-state index contributed by atoms with van der Waals surface area (Å²) < 4.78 is 0. The second-order valence-electron chi connectivity index (χ2n) is 2.33. The Morgan fingerprint density at radius 3 is 2.17 bits per heavy atom. The molecule has 0 aromatic carbocycles. The van der Waals surface area contributed by atoms with E-state index in [-0.39, 0.29) is 0 Å². The van der Waals surface area contributed by atoms with Crippen molar-refractivity contribution >= 4 is 7.85 Å². The molecule has 0 atom stereocenters. The van der Waals surface area contributed by atoms with Crippen molar-refractivity contribution in [1.82, 2.24) is 4.90 Å². The number of nitrogens with zero attached hydrogens (tertiary/aromatic N) is 1. The van der Waals surface area contributed by atoms with Crippen molar-refractivity contribution < 1.29 is 0 Å². The van der Waals surface area contributed by atoms with Gasteiger partial charge in [-0.2, -0.15) is 0 Å². The molecule has 0 aromatic heterocycles. The van der Waals surface area contributed by atoms with Crippen LogP contribution in [0, 0.1) is 0 Å². The molecular weight excluding hydrogens is 72.9 g/mol. The molecule has 1 aliphatic rings. The highest BCUT2D eigenvalue weighted by Crippen LogP contribution is 2.12. The van der Waals surface area contributed by atoms with Gasteiger partial charge >= 0.3 is 0 Å². The van der Waals surface area contributed by atoms with Gasteiger partial charge in [0.15, 0.2) is 0 Å². The van der Waals surface area contributed by atoms with E-state index in [2.05, 4.69) is 19.8 Å². The number of rotatable bonds is 0. The van der Waals surface area contributed by atoms with Gasteiger partial charge in [0.1, 0.15) is 7.85 Å². The molecule has 0 aromatic rings. The number of hydrogen-bond acceptors (Lipinski definition) is 1. The van der Waals surface area contributed by atoms with Gasteiger partial charge in [-0.05, 0) is 26.0 Å². The van der Waals surface area contributed by atoms with Crippen molar-refractivity contribution in [2.75, 3.05) is 20.1 Å². The fraction of sp³-hybridized carbons (Fsp3) is 1.00. The van der Waals surface area contributed by atoms with E-state index >= 15 is 0 Å². The van der Waals surface area contributed by atoms with Gasteiger partial charge in [-0.1, -0.05) is 0 Å². The van der Waals surface area contributed by atoms with E-state index < -0.39 is 0 Å². The molecule has 6 heavy (non-hydrogen) atoms. The molecule has 1 heterocycles. The van der Waals surface area contributed by atoms with Crippen LogP contribution in [0.15, 0.2) is 0 Å². The summed E-state index contributed by atoms with van der Waals surface area (Å²) >= 11 is 0. The molecular formula is C4H10BN. The lowest BCUT2D eigenvalue weighted by Gasteiger charge is -2.33. The van der Waals surface area contributed by atoms with Crippen molar-refractivity contribution in [3.05, 3.63) is 0 Å².